The summed E-state index contributed by atoms with van der Waals surface area (Å²) in [5, 5.41) is 7.27. The van der Waals surface area contributed by atoms with Crippen molar-refractivity contribution in [3.63, 3.8) is 0 Å². The van der Waals surface area contributed by atoms with Gasteiger partial charge in [-0.25, -0.2) is 4.98 Å². The number of carbonyl (C=O) groups excluding carboxylic acids is 1. The van der Waals surface area contributed by atoms with E-state index in [2.05, 4.69) is 15.5 Å². The van der Waals surface area contributed by atoms with Crippen molar-refractivity contribution in [1.29, 1.82) is 0 Å². The minimum Gasteiger partial charge on any atom is -0.340 e. The molecule has 0 aliphatic rings. The third-order valence-corrected chi connectivity index (χ3v) is 4.38. The number of benzene rings is 1. The number of pyridine rings is 1. The van der Waals surface area contributed by atoms with Gasteiger partial charge < -0.3 is 14.7 Å². The lowest BCUT2D eigenvalue weighted by atomic mass is 10.0. The highest BCUT2D eigenvalue weighted by Crippen LogP contribution is 2.33. The second kappa shape index (κ2) is 7.59. The Labute approximate surface area is 159 Å². The predicted octanol–water partition coefficient (Wildman–Crippen LogP) is 3.51. The van der Waals surface area contributed by atoms with Crippen LogP contribution >= 0.6 is 0 Å². The van der Waals surface area contributed by atoms with Crippen LogP contribution in [0.15, 0.2) is 34.9 Å². The van der Waals surface area contributed by atoms with Gasteiger partial charge in [0.25, 0.3) is 11.6 Å². The quantitative estimate of drug-likeness (QED) is 0.720. The van der Waals surface area contributed by atoms with E-state index >= 15 is 0 Å². The molecule has 0 saturated carbocycles. The van der Waals surface area contributed by atoms with Crippen molar-refractivity contribution in [2.24, 2.45) is 0 Å². The fraction of sp³-hybridized carbons (Fsp3) is 0.316. The van der Waals surface area contributed by atoms with Crippen molar-refractivity contribution >= 4 is 17.0 Å². The molecule has 0 radical (unpaired) electrons. The van der Waals surface area contributed by atoms with Crippen molar-refractivity contribution in [3.05, 3.63) is 47.2 Å². The number of alkyl halides is 3. The SMILES string of the molecule is CNCCN(C)C(=O)c1cc(-c2cccc(C(F)(F)F)c2)nc2onc(C)c12. The van der Waals surface area contributed by atoms with Crippen LogP contribution in [0.2, 0.25) is 0 Å². The average molecular weight is 392 g/mol. The Morgan fingerprint density at radius 2 is 2.04 bits per heavy atom. The third-order valence-electron chi connectivity index (χ3n) is 4.38. The van der Waals surface area contributed by atoms with E-state index in [4.69, 9.17) is 4.52 Å². The molecule has 0 saturated heterocycles. The van der Waals surface area contributed by atoms with Gasteiger partial charge in [-0.05, 0) is 32.2 Å². The first-order valence-electron chi connectivity index (χ1n) is 8.57. The van der Waals surface area contributed by atoms with E-state index in [1.165, 1.54) is 23.1 Å². The van der Waals surface area contributed by atoms with Gasteiger partial charge in [0.2, 0.25) is 0 Å². The van der Waals surface area contributed by atoms with E-state index in [0.717, 1.165) is 12.1 Å². The number of aryl methyl sites for hydroxylation is 1. The van der Waals surface area contributed by atoms with Gasteiger partial charge in [-0.1, -0.05) is 17.3 Å². The Kier molecular flexibility index (Phi) is 5.37. The lowest BCUT2D eigenvalue weighted by Gasteiger charge is -2.18. The van der Waals surface area contributed by atoms with Gasteiger partial charge in [-0.15, -0.1) is 0 Å². The van der Waals surface area contributed by atoms with Gasteiger partial charge in [0.1, 0.15) is 0 Å². The molecule has 2 heterocycles. The number of hydrogen-bond acceptors (Lipinski definition) is 5. The van der Waals surface area contributed by atoms with Gasteiger partial charge in [0.15, 0.2) is 0 Å². The van der Waals surface area contributed by atoms with E-state index < -0.39 is 11.7 Å². The van der Waals surface area contributed by atoms with Gasteiger partial charge in [0.05, 0.1) is 27.9 Å². The summed E-state index contributed by atoms with van der Waals surface area (Å²) in [4.78, 5) is 18.7. The zero-order valence-electron chi connectivity index (χ0n) is 15.6. The molecule has 0 spiro atoms. The van der Waals surface area contributed by atoms with Crippen LogP contribution in [0.4, 0.5) is 13.2 Å². The lowest BCUT2D eigenvalue weighted by Crippen LogP contribution is -2.33. The topological polar surface area (TPSA) is 71.3 Å². The molecule has 1 amide bonds. The van der Waals surface area contributed by atoms with E-state index in [1.54, 1.807) is 21.0 Å². The molecule has 1 N–H and O–H groups in total. The molecule has 0 aliphatic heterocycles. The fourth-order valence-corrected chi connectivity index (χ4v) is 2.85. The van der Waals surface area contributed by atoms with Gasteiger partial charge in [-0.2, -0.15) is 13.2 Å². The number of rotatable bonds is 5. The number of likely N-dealkylation sites (N-methyl/N-ethyl adjacent to an activating group) is 2. The summed E-state index contributed by atoms with van der Waals surface area (Å²) in [5.41, 5.74) is 0.536. The number of carbonyl (C=O) groups is 1. The standard InChI is InChI=1S/C19H19F3N4O2/c1-11-16-14(18(27)26(3)8-7-23-2)10-15(24-17(16)28-25-11)12-5-4-6-13(9-12)19(20,21)22/h4-6,9-10,23H,7-8H2,1-3H3. The summed E-state index contributed by atoms with van der Waals surface area (Å²) in [6.45, 7) is 2.74. The number of hydrogen-bond donors (Lipinski definition) is 1. The normalized spacial score (nSPS) is 11.8. The first-order chi connectivity index (χ1) is 13.2. The zero-order chi connectivity index (χ0) is 20.5. The third kappa shape index (κ3) is 3.84. The van der Waals surface area contributed by atoms with Crippen LogP contribution in [0.5, 0.6) is 0 Å². The number of fused-ring (bicyclic) bond motifs is 1. The van der Waals surface area contributed by atoms with E-state index in [1.807, 2.05) is 0 Å². The molecule has 0 aliphatic carbocycles. The second-order valence-corrected chi connectivity index (χ2v) is 6.41. The summed E-state index contributed by atoms with van der Waals surface area (Å²) in [6.07, 6.45) is -4.48. The molecule has 3 aromatic rings. The summed E-state index contributed by atoms with van der Waals surface area (Å²) >= 11 is 0. The Morgan fingerprint density at radius 1 is 1.29 bits per heavy atom. The van der Waals surface area contributed by atoms with Crippen molar-refractivity contribution in [2.45, 2.75) is 13.1 Å². The largest absolute Gasteiger partial charge is 0.416 e. The molecule has 0 fully saturated rings. The van der Waals surface area contributed by atoms with Crippen LogP contribution in [0, 0.1) is 6.92 Å². The average Bonchev–Trinajstić information content (AvgIpc) is 3.05. The maximum absolute atomic E-state index is 13.1. The molecule has 0 bridgehead atoms. The molecule has 28 heavy (non-hydrogen) atoms. The minimum absolute atomic E-state index is 0.109. The molecule has 1 aromatic carbocycles. The number of nitrogens with zero attached hydrogens (tertiary/aromatic N) is 3. The van der Waals surface area contributed by atoms with Crippen LogP contribution in [-0.4, -0.2) is 48.1 Å². The van der Waals surface area contributed by atoms with Gasteiger partial charge in [-0.3, -0.25) is 4.79 Å². The summed E-state index contributed by atoms with van der Waals surface area (Å²) < 4.78 is 44.4. The first-order valence-corrected chi connectivity index (χ1v) is 8.57. The summed E-state index contributed by atoms with van der Waals surface area (Å²) in [7, 11) is 3.43. The van der Waals surface area contributed by atoms with Gasteiger partial charge in [0, 0.05) is 25.7 Å². The Bertz CT molecular complexity index is 1010. The highest BCUT2D eigenvalue weighted by atomic mass is 19.4. The zero-order valence-corrected chi connectivity index (χ0v) is 15.6. The Balaban J connectivity index is 2.13. The number of amides is 1. The maximum atomic E-state index is 13.1. The minimum atomic E-state index is -4.48. The monoisotopic (exact) mass is 392 g/mol. The highest BCUT2D eigenvalue weighted by Gasteiger charge is 2.31. The second-order valence-electron chi connectivity index (χ2n) is 6.41. The number of aromatic nitrogens is 2. The lowest BCUT2D eigenvalue weighted by molar-refractivity contribution is -0.137. The van der Waals surface area contributed by atoms with E-state index in [0.29, 0.717) is 24.2 Å². The first kappa shape index (κ1) is 19.8. The fourth-order valence-electron chi connectivity index (χ4n) is 2.85. The van der Waals surface area contributed by atoms with Crippen LogP contribution in [0.3, 0.4) is 0 Å². The molecule has 3 rings (SSSR count). The molecular formula is C19H19F3N4O2. The van der Waals surface area contributed by atoms with Crippen molar-refractivity contribution in [1.82, 2.24) is 20.4 Å². The smallest absolute Gasteiger partial charge is 0.340 e. The molecule has 0 unspecified atom stereocenters. The van der Waals surface area contributed by atoms with Crippen molar-refractivity contribution < 1.29 is 22.5 Å². The van der Waals surface area contributed by atoms with Crippen LogP contribution in [0.25, 0.3) is 22.4 Å². The summed E-state index contributed by atoms with van der Waals surface area (Å²) in [6, 6.07) is 6.27. The molecule has 9 heteroatoms. The van der Waals surface area contributed by atoms with Crippen LogP contribution < -0.4 is 5.32 Å². The Hall–Kier alpha value is -2.94. The highest BCUT2D eigenvalue weighted by molar-refractivity contribution is 6.06. The van der Waals surface area contributed by atoms with Crippen LogP contribution in [-0.2, 0) is 6.18 Å². The molecular weight excluding hydrogens is 373 g/mol. The van der Waals surface area contributed by atoms with Crippen molar-refractivity contribution in [2.75, 3.05) is 27.2 Å². The Morgan fingerprint density at radius 3 is 2.71 bits per heavy atom. The predicted molar refractivity (Wildman–Crippen MR) is 97.9 cm³/mol. The molecule has 148 valence electrons. The van der Waals surface area contributed by atoms with E-state index in [-0.39, 0.29) is 28.4 Å². The van der Waals surface area contributed by atoms with Gasteiger partial charge >= 0.3 is 6.18 Å². The van der Waals surface area contributed by atoms with Crippen LogP contribution in [0.1, 0.15) is 21.6 Å². The number of halogens is 3. The van der Waals surface area contributed by atoms with Crippen molar-refractivity contribution in [3.8, 4) is 11.3 Å². The summed E-state index contributed by atoms with van der Waals surface area (Å²) in [5.74, 6) is -0.290. The maximum Gasteiger partial charge on any atom is 0.416 e. The molecule has 6 nitrogen and oxygen atoms in total. The molecule has 2 aromatic heterocycles. The van der Waals surface area contributed by atoms with E-state index in [9.17, 15) is 18.0 Å². The number of nitrogens with one attached hydrogen (secondary N) is 1. The molecule has 0 atom stereocenters.